The predicted octanol–water partition coefficient (Wildman–Crippen LogP) is 2.73. The Hall–Kier alpha value is 0.640. The molecule has 0 aromatic rings. The summed E-state index contributed by atoms with van der Waals surface area (Å²) in [5.74, 6) is 0. The van der Waals surface area contributed by atoms with Crippen molar-refractivity contribution in [2.45, 2.75) is 38.3 Å². The minimum Gasteiger partial charge on any atom is -0.324 e. The third-order valence-corrected chi connectivity index (χ3v) is 4.83. The van der Waals surface area contributed by atoms with Crippen LogP contribution < -0.4 is 0 Å². The van der Waals surface area contributed by atoms with Gasteiger partial charge in [-0.25, -0.2) is 4.67 Å². The zero-order valence-corrected chi connectivity index (χ0v) is 8.53. The molecular weight excluding hydrogens is 181 g/mol. The van der Waals surface area contributed by atoms with E-state index >= 15 is 0 Å². The smallest absolute Gasteiger partial charge is 0.207 e. The van der Waals surface area contributed by atoms with Crippen LogP contribution in [0.1, 0.15) is 26.7 Å². The Morgan fingerprint density at radius 1 is 1.64 bits per heavy atom. The molecule has 0 radical (unpaired) electrons. The van der Waals surface area contributed by atoms with Crippen LogP contribution in [0.15, 0.2) is 0 Å². The molecule has 2 aliphatic rings. The van der Waals surface area contributed by atoms with E-state index in [1.165, 1.54) is 12.8 Å². The predicted molar refractivity (Wildman–Crippen MR) is 47.7 cm³/mol. The van der Waals surface area contributed by atoms with E-state index in [2.05, 4.69) is 18.5 Å². The van der Waals surface area contributed by atoms with Gasteiger partial charge in [0.05, 0.1) is 5.60 Å². The first-order valence-electron chi connectivity index (χ1n) is 4.03. The van der Waals surface area contributed by atoms with Gasteiger partial charge in [0.2, 0.25) is 7.65 Å². The van der Waals surface area contributed by atoms with Gasteiger partial charge in [0.25, 0.3) is 0 Å². The van der Waals surface area contributed by atoms with Crippen LogP contribution in [0.2, 0.25) is 0 Å². The molecule has 4 heteroatoms. The summed E-state index contributed by atoms with van der Waals surface area (Å²) in [7, 11) is -0.788. The summed E-state index contributed by atoms with van der Waals surface area (Å²) in [4.78, 5) is 0. The Kier molecular flexibility index (Phi) is 1.92. The van der Waals surface area contributed by atoms with Gasteiger partial charge in [0.15, 0.2) is 0 Å². The molecule has 2 fully saturated rings. The molecule has 0 N–H and O–H groups in total. The second-order valence-electron chi connectivity index (χ2n) is 3.74. The molecule has 0 aromatic carbocycles. The Morgan fingerprint density at radius 2 is 2.36 bits per heavy atom. The topological polar surface area (TPSA) is 12.5 Å². The molecule has 2 heterocycles. The lowest BCUT2D eigenvalue weighted by molar-refractivity contribution is 0.113. The second kappa shape index (κ2) is 2.56. The summed E-state index contributed by atoms with van der Waals surface area (Å²) in [6, 6.07) is 0.575. The highest BCUT2D eigenvalue weighted by Gasteiger charge is 2.49. The maximum atomic E-state index is 6.07. The fourth-order valence-electron chi connectivity index (χ4n) is 1.95. The Morgan fingerprint density at radius 3 is 3.00 bits per heavy atom. The molecule has 2 atom stereocenters. The third-order valence-electron chi connectivity index (χ3n) is 2.54. The van der Waals surface area contributed by atoms with Crippen LogP contribution in [0.3, 0.4) is 0 Å². The fraction of sp³-hybridized carbons (Fsp3) is 1.00. The van der Waals surface area contributed by atoms with Crippen LogP contribution in [-0.4, -0.2) is 22.9 Å². The van der Waals surface area contributed by atoms with Gasteiger partial charge in [0.1, 0.15) is 0 Å². The molecule has 0 amide bonds. The average molecular weight is 194 g/mol. The molecule has 0 saturated carbocycles. The van der Waals surface area contributed by atoms with Gasteiger partial charge in [0, 0.05) is 12.6 Å². The quantitative estimate of drug-likeness (QED) is 0.549. The number of rotatable bonds is 0. The van der Waals surface area contributed by atoms with Gasteiger partial charge in [-0.2, -0.15) is 0 Å². The first kappa shape index (κ1) is 8.25. The zero-order valence-electron chi connectivity index (χ0n) is 6.88. The van der Waals surface area contributed by atoms with Crippen molar-refractivity contribution in [3.05, 3.63) is 0 Å². The van der Waals surface area contributed by atoms with Crippen molar-refractivity contribution in [3.8, 4) is 0 Å². The number of hydrogen-bond acceptors (Lipinski definition) is 2. The molecule has 0 bridgehead atoms. The van der Waals surface area contributed by atoms with E-state index < -0.39 is 7.65 Å². The van der Waals surface area contributed by atoms with Gasteiger partial charge in [-0.15, -0.1) is 0 Å². The molecule has 0 aliphatic carbocycles. The molecular formula is C7H13ClNOP. The van der Waals surface area contributed by atoms with Gasteiger partial charge < -0.3 is 4.52 Å². The highest BCUT2D eigenvalue weighted by atomic mass is 35.7. The summed E-state index contributed by atoms with van der Waals surface area (Å²) in [6.45, 7) is 5.41. The van der Waals surface area contributed by atoms with E-state index in [9.17, 15) is 0 Å². The fourth-order valence-corrected chi connectivity index (χ4v) is 4.56. The van der Waals surface area contributed by atoms with Crippen LogP contribution >= 0.6 is 18.9 Å². The Bertz CT molecular complexity index is 176. The molecule has 0 aromatic heterocycles. The van der Waals surface area contributed by atoms with Crippen LogP contribution in [0.5, 0.6) is 0 Å². The van der Waals surface area contributed by atoms with Crippen molar-refractivity contribution in [3.63, 3.8) is 0 Å². The van der Waals surface area contributed by atoms with Gasteiger partial charge in [-0.05, 0) is 37.9 Å². The number of halogens is 1. The molecule has 2 nitrogen and oxygen atoms in total. The minimum absolute atomic E-state index is 0.00997. The summed E-state index contributed by atoms with van der Waals surface area (Å²) >= 11 is 6.07. The van der Waals surface area contributed by atoms with Crippen molar-refractivity contribution in [2.75, 3.05) is 6.54 Å². The summed E-state index contributed by atoms with van der Waals surface area (Å²) < 4.78 is 7.99. The van der Waals surface area contributed by atoms with E-state index in [1.54, 1.807) is 0 Å². The van der Waals surface area contributed by atoms with Gasteiger partial charge in [-0.1, -0.05) is 0 Å². The molecule has 2 saturated heterocycles. The lowest BCUT2D eigenvalue weighted by atomic mass is 9.98. The highest BCUT2D eigenvalue weighted by molar-refractivity contribution is 7.78. The van der Waals surface area contributed by atoms with Gasteiger partial charge >= 0.3 is 0 Å². The second-order valence-corrected chi connectivity index (χ2v) is 5.76. The van der Waals surface area contributed by atoms with E-state index in [0.717, 1.165) is 6.54 Å². The molecule has 2 rings (SSSR count). The highest BCUT2D eigenvalue weighted by Crippen LogP contribution is 2.61. The minimum atomic E-state index is -0.788. The summed E-state index contributed by atoms with van der Waals surface area (Å²) in [6.07, 6.45) is 2.53. The van der Waals surface area contributed by atoms with Crippen LogP contribution in [-0.2, 0) is 4.52 Å². The van der Waals surface area contributed by atoms with Gasteiger partial charge in [-0.3, -0.25) is 0 Å². The zero-order chi connectivity index (χ0) is 8.06. The number of fused-ring (bicyclic) bond motifs is 1. The first-order chi connectivity index (χ1) is 5.11. The maximum Gasteiger partial charge on any atom is 0.207 e. The lowest BCUT2D eigenvalue weighted by Gasteiger charge is -2.23. The van der Waals surface area contributed by atoms with E-state index in [-0.39, 0.29) is 5.60 Å². The molecule has 11 heavy (non-hydrogen) atoms. The van der Waals surface area contributed by atoms with Crippen molar-refractivity contribution in [2.24, 2.45) is 0 Å². The molecule has 64 valence electrons. The van der Waals surface area contributed by atoms with Crippen molar-refractivity contribution < 1.29 is 4.52 Å². The van der Waals surface area contributed by atoms with Crippen molar-refractivity contribution in [1.82, 2.24) is 4.67 Å². The monoisotopic (exact) mass is 193 g/mol. The summed E-state index contributed by atoms with van der Waals surface area (Å²) in [5.41, 5.74) is -0.00997. The summed E-state index contributed by atoms with van der Waals surface area (Å²) in [5, 5.41) is 0. The lowest BCUT2D eigenvalue weighted by Crippen LogP contribution is -2.35. The van der Waals surface area contributed by atoms with E-state index in [4.69, 9.17) is 15.8 Å². The van der Waals surface area contributed by atoms with E-state index in [1.807, 2.05) is 0 Å². The van der Waals surface area contributed by atoms with Crippen LogP contribution in [0.25, 0.3) is 0 Å². The molecule has 2 aliphatic heterocycles. The number of hydrogen-bond donors (Lipinski definition) is 0. The standard InChI is InChI=1S/C7H13ClNOP/c1-7(2)6-4-3-5-9(6)11(8)10-7/h6H,3-5H2,1-2H3/t6-,11?/m1/s1. The third kappa shape index (κ3) is 1.21. The Labute approximate surface area is 73.5 Å². The average Bonchev–Trinajstić information content (AvgIpc) is 2.37. The largest absolute Gasteiger partial charge is 0.324 e. The van der Waals surface area contributed by atoms with Crippen LogP contribution in [0, 0.1) is 0 Å². The SMILES string of the molecule is CC1(C)OP(Cl)N2CCC[C@@H]21. The normalized spacial score (nSPS) is 42.8. The first-order valence-corrected chi connectivity index (χ1v) is 6.14. The number of nitrogens with zero attached hydrogens (tertiary/aromatic N) is 1. The van der Waals surface area contributed by atoms with E-state index in [0.29, 0.717) is 6.04 Å². The van der Waals surface area contributed by atoms with Crippen LogP contribution in [0.4, 0.5) is 0 Å². The van der Waals surface area contributed by atoms with Crippen molar-refractivity contribution in [1.29, 1.82) is 0 Å². The maximum absolute atomic E-state index is 6.07. The molecule has 1 unspecified atom stereocenters. The Balaban J connectivity index is 2.20. The molecule has 0 spiro atoms. The van der Waals surface area contributed by atoms with Crippen molar-refractivity contribution >= 4 is 18.9 Å².